The van der Waals surface area contributed by atoms with Crippen LogP contribution in [0.1, 0.15) is 31.8 Å². The number of fused-ring (bicyclic) bond motifs is 1. The summed E-state index contributed by atoms with van der Waals surface area (Å²) in [7, 11) is 0. The van der Waals surface area contributed by atoms with E-state index in [1.165, 1.54) is 0 Å². The van der Waals surface area contributed by atoms with Crippen molar-refractivity contribution in [1.29, 1.82) is 0 Å². The van der Waals surface area contributed by atoms with Crippen molar-refractivity contribution in [3.8, 4) is 0 Å². The summed E-state index contributed by atoms with van der Waals surface area (Å²) in [6.07, 6.45) is 0.580. The normalized spacial score (nSPS) is 13.9. The molecule has 0 aliphatic carbocycles. The van der Waals surface area contributed by atoms with Crippen LogP contribution in [0.4, 0.5) is 0 Å². The third-order valence-corrected chi connectivity index (χ3v) is 3.77. The first-order valence-electron chi connectivity index (χ1n) is 6.85. The number of carbonyl (C=O) groups excluding carboxylic acids is 1. The molecule has 2 aromatic carbocycles. The molecule has 4 heteroatoms. The maximum atomic E-state index is 12.5. The van der Waals surface area contributed by atoms with E-state index in [0.717, 1.165) is 5.56 Å². The molecule has 1 amide bonds. The summed E-state index contributed by atoms with van der Waals surface area (Å²) >= 11 is 0. The van der Waals surface area contributed by atoms with Crippen LogP contribution >= 0.6 is 0 Å². The van der Waals surface area contributed by atoms with Gasteiger partial charge in [0.15, 0.2) is 0 Å². The van der Waals surface area contributed by atoms with Crippen LogP contribution < -0.4 is 0 Å². The Morgan fingerprint density at radius 2 is 1.86 bits per heavy atom. The third kappa shape index (κ3) is 2.52. The van der Waals surface area contributed by atoms with Crippen molar-refractivity contribution in [2.45, 2.75) is 13.0 Å². The van der Waals surface area contributed by atoms with E-state index in [9.17, 15) is 14.7 Å². The number of amides is 1. The molecule has 21 heavy (non-hydrogen) atoms. The van der Waals surface area contributed by atoms with E-state index in [-0.39, 0.29) is 11.5 Å². The first kappa shape index (κ1) is 13.4. The molecule has 1 aliphatic rings. The number of carbonyl (C=O) groups is 2. The van der Waals surface area contributed by atoms with E-state index in [2.05, 4.69) is 0 Å². The first-order chi connectivity index (χ1) is 10.2. The lowest BCUT2D eigenvalue weighted by atomic mass is 9.93. The molecule has 2 aromatic rings. The predicted molar refractivity (Wildman–Crippen MR) is 78.3 cm³/mol. The van der Waals surface area contributed by atoms with Crippen molar-refractivity contribution < 1.29 is 14.7 Å². The van der Waals surface area contributed by atoms with Crippen LogP contribution in [0.2, 0.25) is 0 Å². The largest absolute Gasteiger partial charge is 0.478 e. The third-order valence-electron chi connectivity index (χ3n) is 3.77. The zero-order chi connectivity index (χ0) is 14.8. The number of nitrogens with zero attached hydrogens (tertiary/aromatic N) is 1. The van der Waals surface area contributed by atoms with Gasteiger partial charge in [0, 0.05) is 18.7 Å². The second kappa shape index (κ2) is 5.40. The van der Waals surface area contributed by atoms with Crippen LogP contribution in [0, 0.1) is 0 Å². The second-order valence-electron chi connectivity index (χ2n) is 5.10. The van der Waals surface area contributed by atoms with Crippen molar-refractivity contribution in [2.75, 3.05) is 6.54 Å². The van der Waals surface area contributed by atoms with E-state index >= 15 is 0 Å². The lowest BCUT2D eigenvalue weighted by Gasteiger charge is -2.29. The van der Waals surface area contributed by atoms with Gasteiger partial charge in [-0.3, -0.25) is 4.79 Å². The number of carboxylic acids is 1. The molecular weight excluding hydrogens is 266 g/mol. The lowest BCUT2D eigenvalue weighted by molar-refractivity contribution is 0.0692. The Kier molecular flexibility index (Phi) is 3.44. The van der Waals surface area contributed by atoms with Crippen molar-refractivity contribution in [1.82, 2.24) is 4.90 Å². The van der Waals surface area contributed by atoms with Gasteiger partial charge < -0.3 is 10.0 Å². The Hall–Kier alpha value is -2.62. The highest BCUT2D eigenvalue weighted by atomic mass is 16.4. The van der Waals surface area contributed by atoms with Crippen LogP contribution in [0.5, 0.6) is 0 Å². The molecule has 1 aliphatic heterocycles. The van der Waals surface area contributed by atoms with Gasteiger partial charge in [0.05, 0.1) is 5.56 Å². The quantitative estimate of drug-likeness (QED) is 0.940. The highest BCUT2D eigenvalue weighted by Crippen LogP contribution is 2.24. The average Bonchev–Trinajstić information content (AvgIpc) is 2.50. The summed E-state index contributed by atoms with van der Waals surface area (Å²) in [6, 6.07) is 14.7. The van der Waals surface area contributed by atoms with Gasteiger partial charge in [-0.2, -0.15) is 0 Å². The summed E-state index contributed by atoms with van der Waals surface area (Å²) < 4.78 is 0. The van der Waals surface area contributed by atoms with E-state index in [1.54, 1.807) is 23.1 Å². The molecular formula is C17H15NO3. The fourth-order valence-electron chi connectivity index (χ4n) is 2.73. The lowest BCUT2D eigenvalue weighted by Crippen LogP contribution is -2.37. The Balaban J connectivity index is 1.89. The first-order valence-corrected chi connectivity index (χ1v) is 6.85. The van der Waals surface area contributed by atoms with Crippen LogP contribution in [-0.2, 0) is 13.0 Å². The van der Waals surface area contributed by atoms with Gasteiger partial charge in [-0.25, -0.2) is 4.79 Å². The highest BCUT2D eigenvalue weighted by molar-refractivity contribution is 6.01. The Bertz CT molecular complexity index is 694. The SMILES string of the molecule is O=C(O)c1cccc2c1CCN(Cc1ccccc1)C2=O. The monoisotopic (exact) mass is 281 g/mol. The molecule has 0 aromatic heterocycles. The second-order valence-corrected chi connectivity index (χ2v) is 5.10. The molecule has 106 valence electrons. The van der Waals surface area contributed by atoms with E-state index < -0.39 is 5.97 Å². The maximum Gasteiger partial charge on any atom is 0.335 e. The van der Waals surface area contributed by atoms with Gasteiger partial charge in [0.1, 0.15) is 0 Å². The number of benzene rings is 2. The van der Waals surface area contributed by atoms with Crippen molar-refractivity contribution >= 4 is 11.9 Å². The Morgan fingerprint density at radius 3 is 2.57 bits per heavy atom. The van der Waals surface area contributed by atoms with Crippen molar-refractivity contribution in [3.05, 3.63) is 70.8 Å². The molecule has 4 nitrogen and oxygen atoms in total. The van der Waals surface area contributed by atoms with Gasteiger partial charge in [0.2, 0.25) is 0 Å². The van der Waals surface area contributed by atoms with Crippen molar-refractivity contribution in [2.24, 2.45) is 0 Å². The number of rotatable bonds is 3. The minimum Gasteiger partial charge on any atom is -0.478 e. The van der Waals surface area contributed by atoms with E-state index in [1.807, 2.05) is 30.3 Å². The molecule has 0 saturated heterocycles. The number of hydrogen-bond acceptors (Lipinski definition) is 2. The smallest absolute Gasteiger partial charge is 0.335 e. The molecule has 1 N–H and O–H groups in total. The van der Waals surface area contributed by atoms with Crippen LogP contribution in [0.15, 0.2) is 48.5 Å². The standard InChI is InChI=1S/C17H15NO3/c19-16-14-7-4-8-15(17(20)21)13(14)9-10-18(16)11-12-5-2-1-3-6-12/h1-8H,9-11H2,(H,20,21). The van der Waals surface area contributed by atoms with E-state index in [0.29, 0.717) is 30.6 Å². The average molecular weight is 281 g/mol. The molecule has 0 unspecified atom stereocenters. The number of aromatic carboxylic acids is 1. The molecule has 1 heterocycles. The van der Waals surface area contributed by atoms with Crippen molar-refractivity contribution in [3.63, 3.8) is 0 Å². The summed E-state index contributed by atoms with van der Waals surface area (Å²) in [5.74, 6) is -1.07. The summed E-state index contributed by atoms with van der Waals surface area (Å²) in [4.78, 5) is 25.5. The van der Waals surface area contributed by atoms with Gasteiger partial charge in [-0.15, -0.1) is 0 Å². The minimum absolute atomic E-state index is 0.0943. The molecule has 3 rings (SSSR count). The van der Waals surface area contributed by atoms with Gasteiger partial charge >= 0.3 is 5.97 Å². The van der Waals surface area contributed by atoms with Gasteiger partial charge in [-0.1, -0.05) is 36.4 Å². The maximum absolute atomic E-state index is 12.5. The topological polar surface area (TPSA) is 57.6 Å². The van der Waals surface area contributed by atoms with E-state index in [4.69, 9.17) is 0 Å². The molecule has 0 saturated carbocycles. The van der Waals surface area contributed by atoms with Gasteiger partial charge in [0.25, 0.3) is 5.91 Å². The minimum atomic E-state index is -0.976. The zero-order valence-corrected chi connectivity index (χ0v) is 11.5. The summed E-state index contributed by atoms with van der Waals surface area (Å²) in [5, 5.41) is 9.20. The van der Waals surface area contributed by atoms with Crippen LogP contribution in [-0.4, -0.2) is 28.4 Å². The molecule has 0 atom stereocenters. The predicted octanol–water partition coefficient (Wildman–Crippen LogP) is 2.58. The fraction of sp³-hybridized carbons (Fsp3) is 0.176. The number of hydrogen-bond donors (Lipinski definition) is 1. The van der Waals surface area contributed by atoms with Crippen LogP contribution in [0.3, 0.4) is 0 Å². The molecule has 0 radical (unpaired) electrons. The fourth-order valence-corrected chi connectivity index (χ4v) is 2.73. The Morgan fingerprint density at radius 1 is 1.10 bits per heavy atom. The van der Waals surface area contributed by atoms with Gasteiger partial charge in [-0.05, 0) is 29.7 Å². The Labute approximate surface area is 122 Å². The van der Waals surface area contributed by atoms with Crippen LogP contribution in [0.25, 0.3) is 0 Å². The zero-order valence-electron chi connectivity index (χ0n) is 11.5. The highest BCUT2D eigenvalue weighted by Gasteiger charge is 2.27. The summed E-state index contributed by atoms with van der Waals surface area (Å²) in [6.45, 7) is 1.10. The molecule has 0 fully saturated rings. The number of carboxylic acid groups (broad SMARTS) is 1. The molecule has 0 bridgehead atoms. The molecule has 0 spiro atoms. The summed E-state index contributed by atoms with van der Waals surface area (Å²) in [5.41, 5.74) is 2.47.